The standard InChI is InChI=1S/C12H21NO3/c1-3-4-5-6-9-16-12(15)13-10(2)7-8-11(13)14/h10H,3-9H2,1-2H3/t10-/m1/s1. The maximum atomic E-state index is 11.6. The Kier molecular flexibility index (Phi) is 5.29. The van der Waals surface area contributed by atoms with Crippen LogP contribution in [0.3, 0.4) is 0 Å². The molecule has 0 saturated carbocycles. The van der Waals surface area contributed by atoms with E-state index in [4.69, 9.17) is 4.74 Å². The third-order valence-corrected chi connectivity index (χ3v) is 2.91. The Morgan fingerprint density at radius 1 is 1.44 bits per heavy atom. The molecule has 1 atom stereocenters. The molecule has 16 heavy (non-hydrogen) atoms. The zero-order chi connectivity index (χ0) is 12.0. The van der Waals surface area contributed by atoms with Gasteiger partial charge in [-0.05, 0) is 19.8 Å². The van der Waals surface area contributed by atoms with Crippen molar-refractivity contribution in [3.63, 3.8) is 0 Å². The number of unbranched alkanes of at least 4 members (excludes halogenated alkanes) is 3. The highest BCUT2D eigenvalue weighted by molar-refractivity contribution is 5.93. The van der Waals surface area contributed by atoms with Gasteiger partial charge in [-0.3, -0.25) is 4.79 Å². The quantitative estimate of drug-likeness (QED) is 0.678. The Morgan fingerprint density at radius 2 is 2.19 bits per heavy atom. The number of carbonyl (C=O) groups excluding carboxylic acids is 2. The van der Waals surface area contributed by atoms with Crippen molar-refractivity contribution < 1.29 is 14.3 Å². The lowest BCUT2D eigenvalue weighted by Crippen LogP contribution is -2.37. The summed E-state index contributed by atoms with van der Waals surface area (Å²) < 4.78 is 5.08. The molecular weight excluding hydrogens is 206 g/mol. The molecule has 2 amide bonds. The van der Waals surface area contributed by atoms with Gasteiger partial charge in [-0.1, -0.05) is 26.2 Å². The van der Waals surface area contributed by atoms with Gasteiger partial charge in [0.05, 0.1) is 6.61 Å². The van der Waals surface area contributed by atoms with Crippen molar-refractivity contribution in [3.05, 3.63) is 0 Å². The topological polar surface area (TPSA) is 46.6 Å². The second-order valence-electron chi connectivity index (χ2n) is 4.33. The van der Waals surface area contributed by atoms with Crippen LogP contribution in [0.1, 0.15) is 52.4 Å². The second-order valence-corrected chi connectivity index (χ2v) is 4.33. The lowest BCUT2D eigenvalue weighted by molar-refractivity contribution is -0.127. The molecular formula is C12H21NO3. The average molecular weight is 227 g/mol. The Balaban J connectivity index is 2.21. The molecule has 0 radical (unpaired) electrons. The highest BCUT2D eigenvalue weighted by Gasteiger charge is 2.33. The normalized spacial score (nSPS) is 20.2. The smallest absolute Gasteiger partial charge is 0.416 e. The molecule has 1 fully saturated rings. The lowest BCUT2D eigenvalue weighted by Gasteiger charge is -2.18. The fourth-order valence-corrected chi connectivity index (χ4v) is 1.87. The number of rotatable bonds is 5. The maximum absolute atomic E-state index is 11.6. The van der Waals surface area contributed by atoms with Crippen molar-refractivity contribution in [2.75, 3.05) is 6.61 Å². The molecule has 4 nitrogen and oxygen atoms in total. The molecule has 4 heteroatoms. The first-order valence-electron chi connectivity index (χ1n) is 6.15. The van der Waals surface area contributed by atoms with E-state index in [1.807, 2.05) is 6.92 Å². The highest BCUT2D eigenvalue weighted by Crippen LogP contribution is 2.19. The minimum atomic E-state index is -0.466. The van der Waals surface area contributed by atoms with Crippen molar-refractivity contribution >= 4 is 12.0 Å². The average Bonchev–Trinajstić information content (AvgIpc) is 2.58. The summed E-state index contributed by atoms with van der Waals surface area (Å²) in [6.45, 7) is 4.44. The van der Waals surface area contributed by atoms with Crippen molar-refractivity contribution in [1.82, 2.24) is 4.90 Å². The first kappa shape index (κ1) is 13.0. The third-order valence-electron chi connectivity index (χ3n) is 2.91. The number of likely N-dealkylation sites (tertiary alicyclic amines) is 1. The predicted molar refractivity (Wildman–Crippen MR) is 61.0 cm³/mol. The summed E-state index contributed by atoms with van der Waals surface area (Å²) >= 11 is 0. The van der Waals surface area contributed by atoms with E-state index in [2.05, 4.69) is 6.92 Å². The number of amides is 2. The van der Waals surface area contributed by atoms with Gasteiger partial charge in [0.25, 0.3) is 0 Å². The van der Waals surface area contributed by atoms with Crippen LogP contribution in [-0.2, 0) is 9.53 Å². The van der Waals surface area contributed by atoms with Crippen molar-refractivity contribution in [2.45, 2.75) is 58.4 Å². The van der Waals surface area contributed by atoms with Crippen LogP contribution >= 0.6 is 0 Å². The summed E-state index contributed by atoms with van der Waals surface area (Å²) in [5.74, 6) is -0.106. The second kappa shape index (κ2) is 6.51. The molecule has 0 aromatic rings. The Labute approximate surface area is 96.9 Å². The number of carbonyl (C=O) groups is 2. The number of hydrogen-bond acceptors (Lipinski definition) is 3. The largest absolute Gasteiger partial charge is 0.449 e. The van der Waals surface area contributed by atoms with Crippen LogP contribution in [0.25, 0.3) is 0 Å². The van der Waals surface area contributed by atoms with Gasteiger partial charge in [0.2, 0.25) is 5.91 Å². The van der Waals surface area contributed by atoms with Crippen LogP contribution in [0.15, 0.2) is 0 Å². The van der Waals surface area contributed by atoms with Crippen molar-refractivity contribution in [3.8, 4) is 0 Å². The van der Waals surface area contributed by atoms with Gasteiger partial charge >= 0.3 is 6.09 Å². The van der Waals surface area contributed by atoms with E-state index < -0.39 is 6.09 Å². The van der Waals surface area contributed by atoms with E-state index in [9.17, 15) is 9.59 Å². The summed E-state index contributed by atoms with van der Waals surface area (Å²) in [6.07, 6.45) is 5.04. The summed E-state index contributed by atoms with van der Waals surface area (Å²) in [6, 6.07) is -0.00404. The molecule has 0 unspecified atom stereocenters. The molecule has 0 aromatic heterocycles. The molecule has 0 aromatic carbocycles. The molecule has 0 N–H and O–H groups in total. The van der Waals surface area contributed by atoms with E-state index in [0.717, 1.165) is 32.1 Å². The molecule has 92 valence electrons. The van der Waals surface area contributed by atoms with E-state index >= 15 is 0 Å². The zero-order valence-corrected chi connectivity index (χ0v) is 10.2. The molecule has 0 bridgehead atoms. The van der Waals surface area contributed by atoms with Crippen LogP contribution in [-0.4, -0.2) is 29.5 Å². The number of ether oxygens (including phenoxy) is 1. The third kappa shape index (κ3) is 3.51. The van der Waals surface area contributed by atoms with Crippen LogP contribution in [0.5, 0.6) is 0 Å². The fourth-order valence-electron chi connectivity index (χ4n) is 1.87. The first-order chi connectivity index (χ1) is 7.66. The van der Waals surface area contributed by atoms with Gasteiger partial charge in [-0.25, -0.2) is 9.69 Å². The predicted octanol–water partition coefficient (Wildman–Crippen LogP) is 2.71. The van der Waals surface area contributed by atoms with Crippen LogP contribution < -0.4 is 0 Å². The lowest BCUT2D eigenvalue weighted by atomic mass is 10.2. The fraction of sp³-hybridized carbons (Fsp3) is 0.833. The molecule has 1 heterocycles. The van der Waals surface area contributed by atoms with E-state index in [0.29, 0.717) is 13.0 Å². The Morgan fingerprint density at radius 3 is 2.75 bits per heavy atom. The minimum absolute atomic E-state index is 0.00404. The van der Waals surface area contributed by atoms with Gasteiger partial charge < -0.3 is 4.74 Å². The summed E-state index contributed by atoms with van der Waals surface area (Å²) in [5, 5.41) is 0. The summed E-state index contributed by atoms with van der Waals surface area (Å²) in [7, 11) is 0. The highest BCUT2D eigenvalue weighted by atomic mass is 16.6. The monoisotopic (exact) mass is 227 g/mol. The number of nitrogens with zero attached hydrogens (tertiary/aromatic N) is 1. The minimum Gasteiger partial charge on any atom is -0.449 e. The molecule has 1 saturated heterocycles. The van der Waals surface area contributed by atoms with E-state index in [-0.39, 0.29) is 11.9 Å². The molecule has 1 aliphatic heterocycles. The van der Waals surface area contributed by atoms with Gasteiger partial charge in [0, 0.05) is 12.5 Å². The van der Waals surface area contributed by atoms with Gasteiger partial charge in [0.15, 0.2) is 0 Å². The summed E-state index contributed by atoms with van der Waals surface area (Å²) in [5.41, 5.74) is 0. The van der Waals surface area contributed by atoms with Crippen LogP contribution in [0.2, 0.25) is 0 Å². The number of imide groups is 1. The van der Waals surface area contributed by atoms with Gasteiger partial charge in [-0.2, -0.15) is 0 Å². The van der Waals surface area contributed by atoms with Crippen LogP contribution in [0.4, 0.5) is 4.79 Å². The molecule has 1 rings (SSSR count). The summed E-state index contributed by atoms with van der Waals surface area (Å²) in [4.78, 5) is 24.2. The molecule has 1 aliphatic rings. The Hall–Kier alpha value is -1.06. The van der Waals surface area contributed by atoms with Gasteiger partial charge in [-0.15, -0.1) is 0 Å². The Bertz CT molecular complexity index is 253. The SMILES string of the molecule is CCCCCCOC(=O)N1C(=O)CC[C@H]1C. The number of hydrogen-bond donors (Lipinski definition) is 0. The van der Waals surface area contributed by atoms with Crippen molar-refractivity contribution in [2.24, 2.45) is 0 Å². The van der Waals surface area contributed by atoms with Crippen molar-refractivity contribution in [1.29, 1.82) is 0 Å². The van der Waals surface area contributed by atoms with Gasteiger partial charge in [0.1, 0.15) is 0 Å². The van der Waals surface area contributed by atoms with E-state index in [1.54, 1.807) is 0 Å². The van der Waals surface area contributed by atoms with E-state index in [1.165, 1.54) is 4.90 Å². The molecule has 0 spiro atoms. The zero-order valence-electron chi connectivity index (χ0n) is 10.2. The molecule has 0 aliphatic carbocycles. The maximum Gasteiger partial charge on any atom is 0.416 e. The first-order valence-corrected chi connectivity index (χ1v) is 6.15. The van der Waals surface area contributed by atoms with Crippen LogP contribution in [0, 0.1) is 0 Å².